The topological polar surface area (TPSA) is 92.9 Å². The molecule has 0 radical (unpaired) electrons. The number of imidazole rings is 1. The van der Waals surface area contributed by atoms with Crippen molar-refractivity contribution < 1.29 is 9.90 Å². The van der Waals surface area contributed by atoms with Crippen molar-refractivity contribution in [3.63, 3.8) is 0 Å². The number of carboxylic acids is 1. The van der Waals surface area contributed by atoms with E-state index in [1.54, 1.807) is 6.07 Å². The number of benzene rings is 2. The number of nitrogens with one attached hydrogen (secondary N) is 1. The van der Waals surface area contributed by atoms with E-state index in [2.05, 4.69) is 15.3 Å². The molecule has 9 heteroatoms. The lowest BCUT2D eigenvalue weighted by Crippen LogP contribution is -2.13. The molecule has 2 N–H and O–H groups in total. The molecule has 0 atom stereocenters. The third kappa shape index (κ3) is 4.26. The summed E-state index contributed by atoms with van der Waals surface area (Å²) in [5, 5.41) is 14.1. The van der Waals surface area contributed by atoms with Gasteiger partial charge in [-0.05, 0) is 48.6 Å². The third-order valence-corrected chi connectivity index (χ3v) is 5.87. The second kappa shape index (κ2) is 8.41. The fraction of sp³-hybridized carbons (Fsp3) is 0.217. The van der Waals surface area contributed by atoms with Gasteiger partial charge in [-0.25, -0.2) is 19.7 Å². The monoisotopic (exact) mass is 467 g/mol. The number of anilines is 1. The van der Waals surface area contributed by atoms with E-state index in [-0.39, 0.29) is 5.82 Å². The molecule has 5 rings (SSSR count). The number of aromatic carboxylic acids is 1. The maximum atomic E-state index is 11.7. The first-order chi connectivity index (χ1) is 15.5. The summed E-state index contributed by atoms with van der Waals surface area (Å²) in [7, 11) is 0. The molecule has 0 aliphatic heterocycles. The highest BCUT2D eigenvalue weighted by atomic mass is 35.5. The minimum absolute atomic E-state index is 0.287. The Morgan fingerprint density at radius 2 is 1.84 bits per heavy atom. The number of nitrogens with zero attached hydrogens (tertiary/aromatic N) is 4. The number of rotatable bonds is 7. The van der Waals surface area contributed by atoms with Gasteiger partial charge >= 0.3 is 5.97 Å². The van der Waals surface area contributed by atoms with Crippen molar-refractivity contribution in [1.82, 2.24) is 19.5 Å². The van der Waals surface area contributed by atoms with Gasteiger partial charge in [0.15, 0.2) is 11.5 Å². The van der Waals surface area contributed by atoms with E-state index in [1.165, 1.54) is 0 Å². The molecule has 32 heavy (non-hydrogen) atoms. The Morgan fingerprint density at radius 3 is 2.53 bits per heavy atom. The van der Waals surface area contributed by atoms with E-state index >= 15 is 0 Å². The molecule has 0 bridgehead atoms. The minimum atomic E-state index is -1.20. The summed E-state index contributed by atoms with van der Waals surface area (Å²) in [5.74, 6) is 0.189. The molecule has 2 aromatic carbocycles. The van der Waals surface area contributed by atoms with Crippen molar-refractivity contribution in [3.05, 3.63) is 70.0 Å². The first-order valence-corrected chi connectivity index (χ1v) is 11.0. The molecule has 1 aliphatic carbocycles. The molecule has 162 valence electrons. The van der Waals surface area contributed by atoms with Gasteiger partial charge < -0.3 is 15.0 Å². The summed E-state index contributed by atoms with van der Waals surface area (Å²) in [4.78, 5) is 24.9. The van der Waals surface area contributed by atoms with Crippen LogP contribution >= 0.6 is 23.2 Å². The van der Waals surface area contributed by atoms with Gasteiger partial charge in [0.1, 0.15) is 11.3 Å². The molecule has 2 heterocycles. The van der Waals surface area contributed by atoms with Crippen molar-refractivity contribution in [1.29, 1.82) is 0 Å². The second-order valence-electron chi connectivity index (χ2n) is 7.86. The highest BCUT2D eigenvalue weighted by molar-refractivity contribution is 6.31. The van der Waals surface area contributed by atoms with E-state index in [1.807, 2.05) is 47.0 Å². The van der Waals surface area contributed by atoms with Gasteiger partial charge in [-0.1, -0.05) is 47.5 Å². The van der Waals surface area contributed by atoms with E-state index < -0.39 is 5.97 Å². The van der Waals surface area contributed by atoms with Crippen LogP contribution in [0.3, 0.4) is 0 Å². The second-order valence-corrected chi connectivity index (χ2v) is 8.73. The highest BCUT2D eigenvalue weighted by Crippen LogP contribution is 2.33. The molecule has 7 nitrogen and oxygen atoms in total. The average Bonchev–Trinajstić information content (AvgIpc) is 3.54. The summed E-state index contributed by atoms with van der Waals surface area (Å²) in [5.41, 5.74) is 2.78. The first-order valence-electron chi connectivity index (χ1n) is 10.2. The van der Waals surface area contributed by atoms with Crippen molar-refractivity contribution in [2.45, 2.75) is 19.4 Å². The highest BCUT2D eigenvalue weighted by Gasteiger charge is 2.25. The van der Waals surface area contributed by atoms with E-state index in [4.69, 9.17) is 28.2 Å². The number of aromatic nitrogens is 4. The van der Waals surface area contributed by atoms with Gasteiger partial charge in [-0.15, -0.1) is 0 Å². The van der Waals surface area contributed by atoms with Crippen LogP contribution in [0.4, 0.5) is 5.82 Å². The average molecular weight is 468 g/mol. The Hall–Kier alpha value is -3.16. The molecule has 0 unspecified atom stereocenters. The predicted molar refractivity (Wildman–Crippen MR) is 124 cm³/mol. The van der Waals surface area contributed by atoms with Crippen LogP contribution in [0, 0.1) is 5.92 Å². The van der Waals surface area contributed by atoms with E-state index in [0.717, 1.165) is 30.5 Å². The zero-order valence-electron chi connectivity index (χ0n) is 16.9. The molecule has 1 saturated carbocycles. The van der Waals surface area contributed by atoms with Crippen LogP contribution in [0.5, 0.6) is 0 Å². The fourth-order valence-corrected chi connectivity index (χ4v) is 3.91. The van der Waals surface area contributed by atoms with Gasteiger partial charge in [0.2, 0.25) is 5.82 Å². The Labute approximate surface area is 194 Å². The number of carboxylic acid groups (broad SMARTS) is 1. The van der Waals surface area contributed by atoms with Crippen LogP contribution in [-0.2, 0) is 6.54 Å². The standard InChI is InChI=1S/C23H19Cl2N5O2/c24-16-8-6-14(7-9-16)12-30-18-19(26-11-13-4-5-13)27-21(23(31)32)28-20(18)29-22(30)15-2-1-3-17(25)10-15/h1-3,6-10,13H,4-5,11-12H2,(H,31,32)(H,26,27,28). The normalized spacial score (nSPS) is 13.4. The van der Waals surface area contributed by atoms with Crippen LogP contribution in [0.1, 0.15) is 29.0 Å². The molecule has 4 aromatic rings. The Bertz CT molecular complexity index is 1320. The molecular formula is C23H19Cl2N5O2. The number of hydrogen-bond acceptors (Lipinski definition) is 5. The van der Waals surface area contributed by atoms with Crippen molar-refractivity contribution in [2.75, 3.05) is 11.9 Å². The van der Waals surface area contributed by atoms with Crippen LogP contribution < -0.4 is 5.32 Å². The van der Waals surface area contributed by atoms with Gasteiger partial charge in [0, 0.05) is 28.7 Å². The lowest BCUT2D eigenvalue weighted by Gasteiger charge is -2.13. The Balaban J connectivity index is 1.71. The van der Waals surface area contributed by atoms with Gasteiger partial charge in [0.25, 0.3) is 0 Å². The van der Waals surface area contributed by atoms with Gasteiger partial charge in [0.05, 0.1) is 0 Å². The fourth-order valence-electron chi connectivity index (χ4n) is 3.59. The Morgan fingerprint density at radius 1 is 1.06 bits per heavy atom. The molecule has 2 aromatic heterocycles. The maximum absolute atomic E-state index is 11.7. The zero-order valence-corrected chi connectivity index (χ0v) is 18.4. The largest absolute Gasteiger partial charge is 0.475 e. The smallest absolute Gasteiger partial charge is 0.374 e. The van der Waals surface area contributed by atoms with Crippen LogP contribution in [-0.4, -0.2) is 37.1 Å². The quantitative estimate of drug-likeness (QED) is 0.379. The minimum Gasteiger partial charge on any atom is -0.475 e. The summed E-state index contributed by atoms with van der Waals surface area (Å²) in [6, 6.07) is 14.9. The van der Waals surface area contributed by atoms with Gasteiger partial charge in [-0.2, -0.15) is 0 Å². The molecule has 0 saturated heterocycles. The summed E-state index contributed by atoms with van der Waals surface area (Å²) >= 11 is 12.3. The van der Waals surface area contributed by atoms with Crippen LogP contribution in [0.15, 0.2) is 48.5 Å². The number of carbonyl (C=O) groups is 1. The van der Waals surface area contributed by atoms with E-state index in [9.17, 15) is 9.90 Å². The zero-order chi connectivity index (χ0) is 22.2. The lowest BCUT2D eigenvalue weighted by molar-refractivity contribution is 0.0684. The molecule has 0 amide bonds. The van der Waals surface area contributed by atoms with Crippen molar-refractivity contribution in [2.24, 2.45) is 5.92 Å². The van der Waals surface area contributed by atoms with Crippen LogP contribution in [0.2, 0.25) is 10.0 Å². The maximum Gasteiger partial charge on any atom is 0.374 e. The number of halogens is 2. The summed E-state index contributed by atoms with van der Waals surface area (Å²) in [6.07, 6.45) is 2.32. The summed E-state index contributed by atoms with van der Waals surface area (Å²) < 4.78 is 1.99. The van der Waals surface area contributed by atoms with Gasteiger partial charge in [-0.3, -0.25) is 0 Å². The molecule has 1 aliphatic rings. The lowest BCUT2D eigenvalue weighted by atomic mass is 10.2. The van der Waals surface area contributed by atoms with Crippen molar-refractivity contribution >= 4 is 46.2 Å². The SMILES string of the molecule is O=C(O)c1nc(NCC2CC2)c2c(n1)nc(-c1cccc(Cl)c1)n2Cc1ccc(Cl)cc1. The van der Waals surface area contributed by atoms with E-state index in [0.29, 0.717) is 45.3 Å². The van der Waals surface area contributed by atoms with Crippen molar-refractivity contribution in [3.8, 4) is 11.4 Å². The third-order valence-electron chi connectivity index (χ3n) is 5.39. The van der Waals surface area contributed by atoms with Crippen LogP contribution in [0.25, 0.3) is 22.6 Å². The Kier molecular flexibility index (Phi) is 5.45. The molecular weight excluding hydrogens is 449 g/mol. The molecule has 1 fully saturated rings. The summed E-state index contributed by atoms with van der Waals surface area (Å²) in [6.45, 7) is 1.20. The predicted octanol–water partition coefficient (Wildman–Crippen LogP) is 5.37. The number of hydrogen-bond donors (Lipinski definition) is 2. The number of fused-ring (bicyclic) bond motifs is 1. The molecule has 0 spiro atoms. The first kappa shape index (κ1) is 20.7.